The van der Waals surface area contributed by atoms with Crippen molar-refractivity contribution in [3.05, 3.63) is 43.8 Å². The van der Waals surface area contributed by atoms with Crippen molar-refractivity contribution >= 4 is 0 Å². The Hall–Kier alpha value is -0.0900. The molecule has 1 aromatic rings. The van der Waals surface area contributed by atoms with Crippen molar-refractivity contribution in [3.63, 3.8) is 0 Å². The van der Waals surface area contributed by atoms with Gasteiger partial charge in [-0.15, -0.1) is 0 Å². The van der Waals surface area contributed by atoms with E-state index in [0.717, 1.165) is 12.8 Å². The highest BCUT2D eigenvalue weighted by atomic mass is 127. The van der Waals surface area contributed by atoms with Crippen LogP contribution in [0.25, 0.3) is 0 Å². The van der Waals surface area contributed by atoms with E-state index in [-0.39, 0.29) is 39.4 Å². The van der Waals surface area contributed by atoms with Crippen molar-refractivity contribution in [1.29, 1.82) is 0 Å². The van der Waals surface area contributed by atoms with E-state index in [1.54, 1.807) is 0 Å². The van der Waals surface area contributed by atoms with Gasteiger partial charge in [0.05, 0.1) is 0 Å². The molecule has 1 atom stereocenters. The van der Waals surface area contributed by atoms with Crippen LogP contribution in [0.4, 0.5) is 4.39 Å². The molecule has 0 fully saturated rings. The second-order valence-corrected chi connectivity index (χ2v) is 6.50. The van der Waals surface area contributed by atoms with Gasteiger partial charge in [-0.3, -0.25) is 0 Å². The lowest BCUT2D eigenvalue weighted by Gasteiger charge is -2.04. The van der Waals surface area contributed by atoms with Crippen LogP contribution in [0.5, 0.6) is 0 Å². The molecule has 0 nitrogen and oxygen atoms in total. The summed E-state index contributed by atoms with van der Waals surface area (Å²) in [4.78, 5) is 0. The Balaban J connectivity index is 0.00000256. The second-order valence-electron chi connectivity index (χ2n) is 4.01. The predicted octanol–water partition coefficient (Wildman–Crippen LogP) is -1.41. The van der Waals surface area contributed by atoms with E-state index in [0.29, 0.717) is 12.3 Å². The van der Waals surface area contributed by atoms with E-state index in [2.05, 4.69) is 26.0 Å². The molecule has 17 heavy (non-hydrogen) atoms. The van der Waals surface area contributed by atoms with Gasteiger partial charge in [-0.2, -0.15) is 0 Å². The van der Waals surface area contributed by atoms with Crippen molar-refractivity contribution in [2.75, 3.05) is 0 Å². The molecular formula is C14H19ClFI. The Morgan fingerprint density at radius 2 is 2.00 bits per heavy atom. The van der Waals surface area contributed by atoms with Crippen LogP contribution in [0.15, 0.2) is 40.2 Å². The van der Waals surface area contributed by atoms with Gasteiger partial charge in [0, 0.05) is 6.42 Å². The lowest BCUT2D eigenvalue weighted by Crippen LogP contribution is -3.59. The topological polar surface area (TPSA) is 0 Å². The monoisotopic (exact) mass is 368 g/mol. The molecular weight excluding hydrogens is 350 g/mol. The Labute approximate surface area is 120 Å². The highest BCUT2D eigenvalue weighted by Crippen LogP contribution is 2.13. The third-order valence-corrected chi connectivity index (χ3v) is 5.03. The largest absolute Gasteiger partial charge is 1.00 e. The molecule has 0 bridgehead atoms. The molecule has 1 aromatic carbocycles. The summed E-state index contributed by atoms with van der Waals surface area (Å²) in [6.45, 7) is 4.34. The van der Waals surface area contributed by atoms with Crippen molar-refractivity contribution < 1.29 is 38.0 Å². The fourth-order valence-corrected chi connectivity index (χ4v) is 3.09. The third kappa shape index (κ3) is 7.77. The summed E-state index contributed by atoms with van der Waals surface area (Å²) < 4.78 is 16.6. The predicted molar refractivity (Wildman–Crippen MR) is 63.0 cm³/mol. The van der Waals surface area contributed by atoms with Crippen LogP contribution in [-0.4, -0.2) is 0 Å². The number of halogens is 3. The summed E-state index contributed by atoms with van der Waals surface area (Å²) in [6.07, 6.45) is 2.72. The van der Waals surface area contributed by atoms with E-state index < -0.39 is 0 Å². The van der Waals surface area contributed by atoms with Crippen molar-refractivity contribution in [2.24, 2.45) is 5.92 Å². The summed E-state index contributed by atoms with van der Waals surface area (Å²) in [7, 11) is 0. The lowest BCUT2D eigenvalue weighted by atomic mass is 10.0. The highest BCUT2D eigenvalue weighted by Gasteiger charge is 2.10. The maximum atomic E-state index is 13.5. The quantitative estimate of drug-likeness (QED) is 0.541. The number of hydrogen-bond donors (Lipinski definition) is 0. The normalized spacial score (nSPS) is 13.0. The molecule has 96 valence electrons. The fraction of sp³-hybridized carbons (Fsp3) is 0.429. The molecule has 0 amide bonds. The minimum absolute atomic E-state index is 0. The highest BCUT2D eigenvalue weighted by molar-refractivity contribution is 4.99. The van der Waals surface area contributed by atoms with Gasteiger partial charge >= 0.3 is 21.2 Å². The molecule has 0 aliphatic rings. The first kappa shape index (κ1) is 16.9. The Morgan fingerprint density at radius 3 is 2.59 bits per heavy atom. The van der Waals surface area contributed by atoms with Gasteiger partial charge in [0.2, 0.25) is 0 Å². The van der Waals surface area contributed by atoms with Gasteiger partial charge < -0.3 is 12.4 Å². The standard InChI is InChI=1S/C14H19FI.ClH/c1-3-12(2)9-10-13(15)11-16-14-7-5-4-6-8-14;/h4-8,11-12H,3,9-10H2,1-2H3;1H/q+1;/p-1/b13-11-;. The number of rotatable bonds is 6. The van der Waals surface area contributed by atoms with Crippen LogP contribution in [0.2, 0.25) is 0 Å². The summed E-state index contributed by atoms with van der Waals surface area (Å²) >= 11 is -0.287. The fourth-order valence-electron chi connectivity index (χ4n) is 1.25. The molecule has 0 N–H and O–H groups in total. The molecule has 0 aliphatic heterocycles. The summed E-state index contributed by atoms with van der Waals surface area (Å²) in [6, 6.07) is 10.2. The van der Waals surface area contributed by atoms with Gasteiger partial charge in [0.15, 0.2) is 7.65 Å². The smallest absolute Gasteiger partial charge is 0.352 e. The van der Waals surface area contributed by atoms with Crippen molar-refractivity contribution in [3.8, 4) is 0 Å². The lowest BCUT2D eigenvalue weighted by molar-refractivity contribution is -0.558. The van der Waals surface area contributed by atoms with E-state index in [1.165, 1.54) is 3.57 Å². The zero-order chi connectivity index (χ0) is 11.8. The molecule has 1 rings (SSSR count). The Kier molecular flexibility index (Phi) is 9.84. The number of allylic oxidation sites excluding steroid dienone is 1. The minimum atomic E-state index is -0.287. The number of benzene rings is 1. The van der Waals surface area contributed by atoms with Crippen molar-refractivity contribution in [1.82, 2.24) is 0 Å². The van der Waals surface area contributed by atoms with Crippen LogP contribution in [-0.2, 0) is 0 Å². The molecule has 0 saturated heterocycles. The summed E-state index contributed by atoms with van der Waals surface area (Å²) in [5.41, 5.74) is 0. The van der Waals surface area contributed by atoms with E-state index in [1.807, 2.05) is 22.3 Å². The van der Waals surface area contributed by atoms with Crippen LogP contribution in [0, 0.1) is 9.49 Å². The van der Waals surface area contributed by atoms with Crippen LogP contribution >= 0.6 is 0 Å². The second kappa shape index (κ2) is 9.89. The van der Waals surface area contributed by atoms with Gasteiger partial charge in [0.25, 0.3) is 0 Å². The Bertz CT molecular complexity index is 324. The molecule has 0 saturated carbocycles. The summed E-state index contributed by atoms with van der Waals surface area (Å²) in [5, 5.41) is 0. The summed E-state index contributed by atoms with van der Waals surface area (Å²) in [5.74, 6) is 0.714. The maximum absolute atomic E-state index is 13.5. The molecule has 0 aliphatic carbocycles. The SMILES string of the molecule is CCC(C)CC/C(F)=C/[I+]c1ccccc1.[Cl-]. The third-order valence-electron chi connectivity index (χ3n) is 2.60. The van der Waals surface area contributed by atoms with Gasteiger partial charge in [-0.25, -0.2) is 4.39 Å². The zero-order valence-corrected chi connectivity index (χ0v) is 13.2. The molecule has 0 radical (unpaired) electrons. The molecule has 0 spiro atoms. The first-order valence-corrected chi connectivity index (χ1v) is 8.07. The molecule has 3 heteroatoms. The average Bonchev–Trinajstić information content (AvgIpc) is 2.34. The van der Waals surface area contributed by atoms with Gasteiger partial charge in [-0.1, -0.05) is 38.5 Å². The van der Waals surface area contributed by atoms with E-state index in [9.17, 15) is 4.39 Å². The zero-order valence-electron chi connectivity index (χ0n) is 10.3. The van der Waals surface area contributed by atoms with Crippen molar-refractivity contribution in [2.45, 2.75) is 33.1 Å². The van der Waals surface area contributed by atoms with Gasteiger partial charge in [-0.05, 0) is 24.5 Å². The molecule has 1 unspecified atom stereocenters. The van der Waals surface area contributed by atoms with E-state index in [4.69, 9.17) is 0 Å². The van der Waals surface area contributed by atoms with Crippen LogP contribution < -0.4 is 33.6 Å². The van der Waals surface area contributed by atoms with E-state index >= 15 is 0 Å². The molecule has 0 heterocycles. The Morgan fingerprint density at radius 1 is 1.35 bits per heavy atom. The molecule has 0 aromatic heterocycles. The number of hydrogen-bond acceptors (Lipinski definition) is 0. The van der Waals surface area contributed by atoms with Crippen LogP contribution in [0.3, 0.4) is 0 Å². The van der Waals surface area contributed by atoms with Gasteiger partial charge in [0.1, 0.15) is 5.83 Å². The maximum Gasteiger partial charge on any atom is 0.352 e. The van der Waals surface area contributed by atoms with Crippen LogP contribution in [0.1, 0.15) is 33.1 Å². The first-order chi connectivity index (χ1) is 7.72. The average molecular weight is 369 g/mol. The minimum Gasteiger partial charge on any atom is -1.00 e. The first-order valence-electron chi connectivity index (χ1n) is 5.75.